The fourth-order valence-electron chi connectivity index (χ4n) is 2.57. The van der Waals surface area contributed by atoms with Crippen LogP contribution in [0.3, 0.4) is 0 Å². The Balaban J connectivity index is 2.10. The molecule has 0 saturated carbocycles. The van der Waals surface area contributed by atoms with Crippen LogP contribution in [0.5, 0.6) is 0 Å². The van der Waals surface area contributed by atoms with Gasteiger partial charge in [-0.2, -0.15) is 0 Å². The Morgan fingerprint density at radius 2 is 1.68 bits per heavy atom. The van der Waals surface area contributed by atoms with Crippen LogP contribution in [0.25, 0.3) is 0 Å². The van der Waals surface area contributed by atoms with E-state index in [4.69, 9.17) is 9.47 Å². The lowest BCUT2D eigenvalue weighted by Gasteiger charge is -2.27. The molecule has 1 atom stereocenters. The molecule has 1 rings (SSSR count). The number of rotatable bonds is 13. The highest BCUT2D eigenvalue weighted by Gasteiger charge is 2.22. The molecule has 2 heteroatoms. The Labute approximate surface area is 138 Å². The number of allylic oxidation sites excluding steroid dienone is 1. The largest absolute Gasteiger partial charge is 0.381 e. The minimum absolute atomic E-state index is 0.164. The summed E-state index contributed by atoms with van der Waals surface area (Å²) in [5.41, 5.74) is 1.48. The average molecular weight is 309 g/mol. The highest BCUT2D eigenvalue weighted by molar-refractivity contribution is 5.26. The molecule has 0 radical (unpaired) electrons. The lowest BCUT2D eigenvalue weighted by atomic mass is 9.83. The van der Waals surface area contributed by atoms with Crippen LogP contribution < -0.4 is 0 Å². The van der Waals surface area contributed by atoms with Crippen LogP contribution in [-0.4, -0.2) is 26.4 Å². The zero-order valence-electron chi connectivity index (χ0n) is 15.0. The molecule has 0 amide bonds. The summed E-state index contributed by atoms with van der Waals surface area (Å²) in [6.07, 6.45) is 16.8. The van der Waals surface area contributed by atoms with Gasteiger partial charge in [-0.15, -0.1) is 0 Å². The normalized spacial score (nSPS) is 21.1. The van der Waals surface area contributed by atoms with Crippen molar-refractivity contribution >= 4 is 0 Å². The topological polar surface area (TPSA) is 18.5 Å². The summed E-state index contributed by atoms with van der Waals surface area (Å²) < 4.78 is 11.6. The van der Waals surface area contributed by atoms with Gasteiger partial charge in [0.25, 0.3) is 0 Å². The third-order valence-corrected chi connectivity index (χ3v) is 4.27. The third-order valence-electron chi connectivity index (χ3n) is 4.27. The summed E-state index contributed by atoms with van der Waals surface area (Å²) in [5, 5.41) is 0. The minimum atomic E-state index is 0.164. The first-order valence-corrected chi connectivity index (χ1v) is 9.24. The van der Waals surface area contributed by atoms with Crippen LogP contribution in [0, 0.1) is 5.41 Å². The first kappa shape index (κ1) is 19.4. The van der Waals surface area contributed by atoms with Gasteiger partial charge in [0, 0.05) is 18.6 Å². The van der Waals surface area contributed by atoms with Crippen molar-refractivity contribution in [2.24, 2.45) is 5.41 Å². The molecule has 0 aromatic carbocycles. The van der Waals surface area contributed by atoms with Gasteiger partial charge < -0.3 is 9.47 Å². The van der Waals surface area contributed by atoms with Gasteiger partial charge in [-0.3, -0.25) is 0 Å². The van der Waals surface area contributed by atoms with Crippen molar-refractivity contribution < 1.29 is 9.47 Å². The van der Waals surface area contributed by atoms with Crippen LogP contribution in [0.2, 0.25) is 0 Å². The van der Waals surface area contributed by atoms with Crippen LogP contribution in [0.15, 0.2) is 23.8 Å². The van der Waals surface area contributed by atoms with Crippen molar-refractivity contribution in [3.63, 3.8) is 0 Å². The Kier molecular flexibility index (Phi) is 10.5. The number of hydrogen-bond acceptors (Lipinski definition) is 2. The quantitative estimate of drug-likeness (QED) is 0.407. The smallest absolute Gasteiger partial charge is 0.0713 e. The van der Waals surface area contributed by atoms with E-state index in [2.05, 4.69) is 39.0 Å². The maximum Gasteiger partial charge on any atom is 0.0713 e. The lowest BCUT2D eigenvalue weighted by Crippen LogP contribution is -2.23. The second-order valence-corrected chi connectivity index (χ2v) is 6.84. The van der Waals surface area contributed by atoms with Gasteiger partial charge in [0.1, 0.15) is 0 Å². The second-order valence-electron chi connectivity index (χ2n) is 6.84. The number of unbranched alkanes of at least 4 members (excludes halogenated alkanes) is 5. The SMILES string of the molecule is CCCCCCCOCC1=CCC(C)(COCCCC)C=C1. The van der Waals surface area contributed by atoms with E-state index in [1.807, 2.05) is 0 Å². The van der Waals surface area contributed by atoms with E-state index < -0.39 is 0 Å². The van der Waals surface area contributed by atoms with Crippen molar-refractivity contribution in [3.8, 4) is 0 Å². The van der Waals surface area contributed by atoms with E-state index in [-0.39, 0.29) is 5.41 Å². The van der Waals surface area contributed by atoms with Gasteiger partial charge >= 0.3 is 0 Å². The predicted molar refractivity (Wildman–Crippen MR) is 95.3 cm³/mol. The van der Waals surface area contributed by atoms with Gasteiger partial charge in [0.05, 0.1) is 13.2 Å². The highest BCUT2D eigenvalue weighted by Crippen LogP contribution is 2.29. The molecule has 22 heavy (non-hydrogen) atoms. The molecule has 0 fully saturated rings. The van der Waals surface area contributed by atoms with Gasteiger partial charge in [0.15, 0.2) is 0 Å². The molecule has 0 aliphatic heterocycles. The van der Waals surface area contributed by atoms with Gasteiger partial charge in [-0.05, 0) is 24.8 Å². The molecule has 128 valence electrons. The summed E-state index contributed by atoms with van der Waals surface area (Å²) in [6.45, 7) is 10.1. The molecule has 1 aliphatic carbocycles. The number of hydrogen-bond donors (Lipinski definition) is 0. The summed E-state index contributed by atoms with van der Waals surface area (Å²) in [4.78, 5) is 0. The Morgan fingerprint density at radius 3 is 2.36 bits per heavy atom. The number of ether oxygens (including phenoxy) is 2. The summed E-state index contributed by atoms with van der Waals surface area (Å²) in [6, 6.07) is 0. The summed E-state index contributed by atoms with van der Waals surface area (Å²) in [5.74, 6) is 0. The molecule has 1 unspecified atom stereocenters. The van der Waals surface area contributed by atoms with Crippen LogP contribution in [-0.2, 0) is 9.47 Å². The summed E-state index contributed by atoms with van der Waals surface area (Å²) in [7, 11) is 0. The lowest BCUT2D eigenvalue weighted by molar-refractivity contribution is 0.0740. The first-order valence-electron chi connectivity index (χ1n) is 9.24. The minimum Gasteiger partial charge on any atom is -0.381 e. The van der Waals surface area contributed by atoms with Crippen molar-refractivity contribution in [1.82, 2.24) is 0 Å². The van der Waals surface area contributed by atoms with Crippen LogP contribution in [0.1, 0.15) is 72.1 Å². The maximum absolute atomic E-state index is 5.79. The predicted octanol–water partition coefficient (Wildman–Crippen LogP) is 5.68. The molecule has 0 aromatic rings. The maximum atomic E-state index is 5.79. The van der Waals surface area contributed by atoms with E-state index >= 15 is 0 Å². The monoisotopic (exact) mass is 308 g/mol. The molecule has 2 nitrogen and oxygen atoms in total. The zero-order chi connectivity index (χ0) is 16.1. The Morgan fingerprint density at radius 1 is 0.955 bits per heavy atom. The van der Waals surface area contributed by atoms with Crippen LogP contribution in [0.4, 0.5) is 0 Å². The fourth-order valence-corrected chi connectivity index (χ4v) is 2.57. The Hall–Kier alpha value is -0.600. The van der Waals surface area contributed by atoms with E-state index in [9.17, 15) is 0 Å². The van der Waals surface area contributed by atoms with E-state index in [0.29, 0.717) is 0 Å². The molecular formula is C20H36O2. The Bertz CT molecular complexity index is 333. The van der Waals surface area contributed by atoms with Crippen molar-refractivity contribution in [2.45, 2.75) is 72.1 Å². The van der Waals surface area contributed by atoms with Crippen molar-refractivity contribution in [2.75, 3.05) is 26.4 Å². The van der Waals surface area contributed by atoms with Gasteiger partial charge in [-0.25, -0.2) is 0 Å². The van der Waals surface area contributed by atoms with Gasteiger partial charge in [-0.1, -0.05) is 71.1 Å². The fraction of sp³-hybridized carbons (Fsp3) is 0.800. The molecule has 0 bridgehead atoms. The van der Waals surface area contributed by atoms with Crippen molar-refractivity contribution in [1.29, 1.82) is 0 Å². The molecule has 1 aliphatic rings. The molecule has 0 saturated heterocycles. The van der Waals surface area contributed by atoms with Crippen LogP contribution >= 0.6 is 0 Å². The van der Waals surface area contributed by atoms with E-state index in [0.717, 1.165) is 39.3 Å². The molecule has 0 N–H and O–H groups in total. The van der Waals surface area contributed by atoms with E-state index in [1.54, 1.807) is 0 Å². The molecular weight excluding hydrogens is 272 g/mol. The molecule has 0 aromatic heterocycles. The first-order chi connectivity index (χ1) is 10.7. The second kappa shape index (κ2) is 11.9. The third kappa shape index (κ3) is 8.75. The molecule has 0 heterocycles. The molecule has 0 spiro atoms. The van der Waals surface area contributed by atoms with Crippen molar-refractivity contribution in [3.05, 3.63) is 23.8 Å². The highest BCUT2D eigenvalue weighted by atomic mass is 16.5. The zero-order valence-corrected chi connectivity index (χ0v) is 15.0. The van der Waals surface area contributed by atoms with Gasteiger partial charge in [0.2, 0.25) is 0 Å². The standard InChI is InChI=1S/C20H36O2/c1-4-6-8-9-10-16-21-17-19-11-13-20(3,14-12-19)18-22-15-7-5-2/h11-13H,4-10,14-18H2,1-3H3. The van der Waals surface area contributed by atoms with E-state index in [1.165, 1.54) is 44.1 Å². The average Bonchev–Trinajstić information content (AvgIpc) is 2.53. The summed E-state index contributed by atoms with van der Waals surface area (Å²) >= 11 is 0.